The molecule has 0 saturated carbocycles. The summed E-state index contributed by atoms with van der Waals surface area (Å²) in [5.74, 6) is 0.916. The van der Waals surface area contributed by atoms with Gasteiger partial charge in [0.25, 0.3) is 0 Å². The first-order chi connectivity index (χ1) is 13.6. The quantitative estimate of drug-likeness (QED) is 0.526. The van der Waals surface area contributed by atoms with Crippen LogP contribution in [-0.2, 0) is 11.3 Å². The number of hydrogen-bond donors (Lipinski definition) is 3. The normalized spacial score (nSPS) is 16.5. The number of anilines is 1. The van der Waals surface area contributed by atoms with Crippen LogP contribution in [0.4, 0.5) is 5.82 Å². The van der Waals surface area contributed by atoms with Crippen LogP contribution in [0.1, 0.15) is 46.0 Å². The lowest BCUT2D eigenvalue weighted by Crippen LogP contribution is -2.29. The second-order valence-corrected chi connectivity index (χ2v) is 7.50. The molecule has 4 N–H and O–H groups in total. The molecule has 9 nitrogen and oxygen atoms in total. The number of ether oxygens (including phenoxy) is 2. The molecule has 156 valence electrons. The zero-order valence-corrected chi connectivity index (χ0v) is 16.9. The molecule has 0 spiro atoms. The van der Waals surface area contributed by atoms with Crippen LogP contribution in [0.2, 0.25) is 0 Å². The number of rotatable bonds is 10. The van der Waals surface area contributed by atoms with E-state index in [1.54, 1.807) is 4.57 Å². The van der Waals surface area contributed by atoms with Gasteiger partial charge < -0.3 is 25.5 Å². The van der Waals surface area contributed by atoms with Gasteiger partial charge in [0.05, 0.1) is 6.10 Å². The average molecular weight is 393 g/mol. The molecule has 2 aromatic heterocycles. The zero-order valence-electron chi connectivity index (χ0n) is 16.9. The fourth-order valence-electron chi connectivity index (χ4n) is 3.56. The average Bonchev–Trinajstić information content (AvgIpc) is 2.99. The highest BCUT2D eigenvalue weighted by molar-refractivity contribution is 5.81. The van der Waals surface area contributed by atoms with E-state index in [1.807, 2.05) is 6.92 Å². The molecule has 3 heterocycles. The summed E-state index contributed by atoms with van der Waals surface area (Å²) in [6.07, 6.45) is 4.96. The Bertz CT molecular complexity index is 812. The number of H-pyrrole nitrogens is 1. The monoisotopic (exact) mass is 392 g/mol. The highest BCUT2D eigenvalue weighted by Gasteiger charge is 2.16. The van der Waals surface area contributed by atoms with E-state index in [0.717, 1.165) is 58.4 Å². The topological polar surface area (TPSA) is 120 Å². The van der Waals surface area contributed by atoms with Crippen molar-refractivity contribution in [3.63, 3.8) is 0 Å². The van der Waals surface area contributed by atoms with Crippen LogP contribution in [0.3, 0.4) is 0 Å². The number of hydrogen-bond acceptors (Lipinski definition) is 7. The fraction of sp³-hybridized carbons (Fsp3) is 0.737. The van der Waals surface area contributed by atoms with E-state index in [4.69, 9.17) is 15.2 Å². The molecule has 1 saturated heterocycles. The Balaban J connectivity index is 1.60. The highest BCUT2D eigenvalue weighted by Crippen LogP contribution is 2.19. The van der Waals surface area contributed by atoms with E-state index < -0.39 is 0 Å². The Labute approximate surface area is 165 Å². The van der Waals surface area contributed by atoms with Gasteiger partial charge in [-0.1, -0.05) is 13.3 Å². The number of imidazole rings is 1. The van der Waals surface area contributed by atoms with Crippen molar-refractivity contribution >= 4 is 17.0 Å². The SMILES string of the molecule is CCCC(C)Oc1nc(N)c2[nH]c(=O)n(CCCNCC3CCOCC3)c2n1. The third-order valence-electron chi connectivity index (χ3n) is 5.14. The molecule has 1 unspecified atom stereocenters. The predicted octanol–water partition coefficient (Wildman–Crippen LogP) is 1.68. The molecule has 0 bridgehead atoms. The predicted molar refractivity (Wildman–Crippen MR) is 109 cm³/mol. The number of nitrogen functional groups attached to an aromatic ring is 1. The first-order valence-electron chi connectivity index (χ1n) is 10.3. The molecule has 1 fully saturated rings. The van der Waals surface area contributed by atoms with Gasteiger partial charge in [-0.2, -0.15) is 9.97 Å². The molecule has 1 aliphatic heterocycles. The molecule has 9 heteroatoms. The summed E-state index contributed by atoms with van der Waals surface area (Å²) in [5.41, 5.74) is 6.76. The van der Waals surface area contributed by atoms with E-state index in [-0.39, 0.29) is 23.6 Å². The van der Waals surface area contributed by atoms with E-state index in [0.29, 0.717) is 23.6 Å². The zero-order chi connectivity index (χ0) is 19.9. The van der Waals surface area contributed by atoms with Crippen molar-refractivity contribution in [2.45, 2.75) is 58.6 Å². The van der Waals surface area contributed by atoms with Crippen LogP contribution in [0.25, 0.3) is 11.2 Å². The van der Waals surface area contributed by atoms with E-state index in [2.05, 4.69) is 27.2 Å². The number of aryl methyl sites for hydroxylation is 1. The lowest BCUT2D eigenvalue weighted by molar-refractivity contribution is 0.0663. The Hall–Kier alpha value is -2.13. The summed E-state index contributed by atoms with van der Waals surface area (Å²) >= 11 is 0. The van der Waals surface area contributed by atoms with Crippen molar-refractivity contribution in [2.75, 3.05) is 32.0 Å². The Morgan fingerprint density at radius 1 is 1.39 bits per heavy atom. The van der Waals surface area contributed by atoms with Crippen LogP contribution in [-0.4, -0.2) is 51.9 Å². The Morgan fingerprint density at radius 3 is 2.93 bits per heavy atom. The van der Waals surface area contributed by atoms with Gasteiger partial charge in [0.2, 0.25) is 0 Å². The van der Waals surface area contributed by atoms with Crippen molar-refractivity contribution in [2.24, 2.45) is 5.92 Å². The van der Waals surface area contributed by atoms with Crippen LogP contribution in [0.15, 0.2) is 4.79 Å². The summed E-state index contributed by atoms with van der Waals surface area (Å²) in [6.45, 7) is 8.18. The van der Waals surface area contributed by atoms with Crippen LogP contribution in [0.5, 0.6) is 6.01 Å². The molecule has 1 atom stereocenters. The van der Waals surface area contributed by atoms with Gasteiger partial charge in [-0.05, 0) is 51.6 Å². The van der Waals surface area contributed by atoms with Crippen molar-refractivity contribution in [3.05, 3.63) is 10.5 Å². The highest BCUT2D eigenvalue weighted by atomic mass is 16.5. The maximum atomic E-state index is 12.3. The van der Waals surface area contributed by atoms with Crippen LogP contribution < -0.4 is 21.5 Å². The van der Waals surface area contributed by atoms with Gasteiger partial charge in [0, 0.05) is 19.8 Å². The van der Waals surface area contributed by atoms with Crippen molar-refractivity contribution < 1.29 is 9.47 Å². The van der Waals surface area contributed by atoms with E-state index in [9.17, 15) is 4.79 Å². The summed E-state index contributed by atoms with van der Waals surface area (Å²) in [5, 5.41) is 3.48. The lowest BCUT2D eigenvalue weighted by atomic mass is 10.0. The molecule has 28 heavy (non-hydrogen) atoms. The molecule has 1 aliphatic rings. The second kappa shape index (κ2) is 9.88. The standard InChI is InChI=1S/C19H32N6O3/c1-3-5-13(2)28-18-23-16(20)15-17(24-18)25(19(26)22-15)9-4-8-21-12-14-6-10-27-11-7-14/h13-14,21H,3-12H2,1-2H3,(H,22,26)(H2,20,23,24). The third-order valence-corrected chi connectivity index (χ3v) is 5.14. The molecule has 0 amide bonds. The van der Waals surface area contributed by atoms with Gasteiger partial charge in [-0.15, -0.1) is 0 Å². The summed E-state index contributed by atoms with van der Waals surface area (Å²) in [7, 11) is 0. The third kappa shape index (κ3) is 5.23. The van der Waals surface area contributed by atoms with Gasteiger partial charge in [0.15, 0.2) is 11.5 Å². The second-order valence-electron chi connectivity index (χ2n) is 7.50. The van der Waals surface area contributed by atoms with Crippen molar-refractivity contribution in [1.29, 1.82) is 0 Å². The number of aromatic amines is 1. The summed E-state index contributed by atoms with van der Waals surface area (Å²) in [6, 6.07) is 0.219. The van der Waals surface area contributed by atoms with Crippen LogP contribution >= 0.6 is 0 Å². The lowest BCUT2D eigenvalue weighted by Gasteiger charge is -2.22. The largest absolute Gasteiger partial charge is 0.460 e. The van der Waals surface area contributed by atoms with Crippen molar-refractivity contribution in [3.8, 4) is 6.01 Å². The summed E-state index contributed by atoms with van der Waals surface area (Å²) in [4.78, 5) is 23.7. The smallest absolute Gasteiger partial charge is 0.327 e. The molecular formula is C19H32N6O3. The number of nitrogens with two attached hydrogens (primary N) is 1. The molecule has 2 aromatic rings. The first kappa shape index (κ1) is 20.6. The van der Waals surface area contributed by atoms with Crippen molar-refractivity contribution in [1.82, 2.24) is 24.8 Å². The fourth-order valence-corrected chi connectivity index (χ4v) is 3.56. The van der Waals surface area contributed by atoms with Crippen LogP contribution in [0, 0.1) is 5.92 Å². The minimum Gasteiger partial charge on any atom is -0.460 e. The van der Waals surface area contributed by atoms with Gasteiger partial charge in [-0.25, -0.2) is 4.79 Å². The number of nitrogens with zero attached hydrogens (tertiary/aromatic N) is 3. The van der Waals surface area contributed by atoms with Gasteiger partial charge >= 0.3 is 11.7 Å². The Morgan fingerprint density at radius 2 is 2.18 bits per heavy atom. The number of aromatic nitrogens is 4. The minimum atomic E-state index is -0.223. The summed E-state index contributed by atoms with van der Waals surface area (Å²) < 4.78 is 12.8. The first-order valence-corrected chi connectivity index (χ1v) is 10.3. The maximum absolute atomic E-state index is 12.3. The number of nitrogens with one attached hydrogen (secondary N) is 2. The molecular weight excluding hydrogens is 360 g/mol. The molecule has 3 rings (SSSR count). The van der Waals surface area contributed by atoms with Gasteiger partial charge in [-0.3, -0.25) is 4.57 Å². The molecule has 0 aromatic carbocycles. The Kier molecular flexibility index (Phi) is 7.27. The molecule has 0 aliphatic carbocycles. The number of fused-ring (bicyclic) bond motifs is 1. The van der Waals surface area contributed by atoms with E-state index in [1.165, 1.54) is 0 Å². The maximum Gasteiger partial charge on any atom is 0.327 e. The van der Waals surface area contributed by atoms with E-state index >= 15 is 0 Å². The minimum absolute atomic E-state index is 0.00430. The molecule has 0 radical (unpaired) electrons. The van der Waals surface area contributed by atoms with Gasteiger partial charge in [0.1, 0.15) is 5.52 Å².